The second kappa shape index (κ2) is 7.53. The minimum absolute atomic E-state index is 0.0141. The van der Waals surface area contributed by atoms with Crippen LogP contribution in [0, 0.1) is 0 Å². The Kier molecular flexibility index (Phi) is 5.36. The van der Waals surface area contributed by atoms with Gasteiger partial charge in [-0.05, 0) is 36.4 Å². The standard InChI is InChI=1S/C18H14Cl2N2O3S/c1-25-17-8-7-13(10-16(17)20)26(23,24)22-18-9-6-12(11-21-18)14-4-2-3-5-15(14)19/h2-11H,1H3,(H,21,22). The lowest BCUT2D eigenvalue weighted by Crippen LogP contribution is -2.13. The highest BCUT2D eigenvalue weighted by Crippen LogP contribution is 2.29. The van der Waals surface area contributed by atoms with Crippen molar-refractivity contribution in [3.63, 3.8) is 0 Å². The second-order valence-electron chi connectivity index (χ2n) is 5.31. The summed E-state index contributed by atoms with van der Waals surface area (Å²) in [7, 11) is -2.37. The third kappa shape index (κ3) is 3.93. The average molecular weight is 409 g/mol. The number of pyridine rings is 1. The van der Waals surface area contributed by atoms with Gasteiger partial charge < -0.3 is 4.74 Å². The fourth-order valence-electron chi connectivity index (χ4n) is 2.32. The molecule has 0 amide bonds. The van der Waals surface area contributed by atoms with Gasteiger partial charge in [-0.1, -0.05) is 41.4 Å². The normalized spacial score (nSPS) is 11.2. The lowest BCUT2D eigenvalue weighted by molar-refractivity contribution is 0.414. The van der Waals surface area contributed by atoms with Crippen LogP contribution in [0.2, 0.25) is 10.0 Å². The van der Waals surface area contributed by atoms with Crippen molar-refractivity contribution in [3.05, 3.63) is 70.8 Å². The first-order valence-electron chi connectivity index (χ1n) is 7.48. The van der Waals surface area contributed by atoms with Crippen LogP contribution in [0.1, 0.15) is 0 Å². The Hall–Kier alpha value is -2.28. The molecule has 1 aromatic heterocycles. The summed E-state index contributed by atoms with van der Waals surface area (Å²) < 4.78 is 32.4. The molecular weight excluding hydrogens is 395 g/mol. The van der Waals surface area contributed by atoms with E-state index in [4.69, 9.17) is 27.9 Å². The van der Waals surface area contributed by atoms with Crippen LogP contribution in [0.4, 0.5) is 5.82 Å². The molecule has 0 aliphatic heterocycles. The van der Waals surface area contributed by atoms with E-state index < -0.39 is 10.0 Å². The molecular formula is C18H14Cl2N2O3S. The van der Waals surface area contributed by atoms with Crippen LogP contribution >= 0.6 is 23.2 Å². The molecule has 134 valence electrons. The van der Waals surface area contributed by atoms with E-state index in [9.17, 15) is 8.42 Å². The summed E-state index contributed by atoms with van der Waals surface area (Å²) in [5.41, 5.74) is 1.60. The van der Waals surface area contributed by atoms with E-state index in [2.05, 4.69) is 9.71 Å². The van der Waals surface area contributed by atoms with Crippen LogP contribution < -0.4 is 9.46 Å². The van der Waals surface area contributed by atoms with E-state index in [-0.39, 0.29) is 15.7 Å². The van der Waals surface area contributed by atoms with Gasteiger partial charge in [0.05, 0.1) is 17.0 Å². The number of nitrogens with one attached hydrogen (secondary N) is 1. The van der Waals surface area contributed by atoms with Crippen LogP contribution in [-0.2, 0) is 10.0 Å². The molecule has 0 fully saturated rings. The number of hydrogen-bond donors (Lipinski definition) is 1. The van der Waals surface area contributed by atoms with Crippen molar-refractivity contribution in [2.75, 3.05) is 11.8 Å². The zero-order valence-corrected chi connectivity index (χ0v) is 15.9. The molecule has 1 N–H and O–H groups in total. The summed E-state index contributed by atoms with van der Waals surface area (Å²) >= 11 is 12.2. The van der Waals surface area contributed by atoms with Crippen molar-refractivity contribution in [1.29, 1.82) is 0 Å². The van der Waals surface area contributed by atoms with Crippen molar-refractivity contribution < 1.29 is 13.2 Å². The molecule has 0 aliphatic carbocycles. The van der Waals surface area contributed by atoms with Crippen LogP contribution in [0.15, 0.2) is 65.7 Å². The fraction of sp³-hybridized carbons (Fsp3) is 0.0556. The number of halogens is 2. The largest absolute Gasteiger partial charge is 0.495 e. The Bertz CT molecular complexity index is 1040. The third-order valence-electron chi connectivity index (χ3n) is 3.62. The average Bonchev–Trinajstić information content (AvgIpc) is 2.62. The number of rotatable bonds is 5. The van der Waals surface area contributed by atoms with Crippen molar-refractivity contribution >= 4 is 39.0 Å². The maximum Gasteiger partial charge on any atom is 0.263 e. The molecule has 8 heteroatoms. The summed E-state index contributed by atoms with van der Waals surface area (Å²) in [5.74, 6) is 0.584. The van der Waals surface area contributed by atoms with Gasteiger partial charge in [0.1, 0.15) is 11.6 Å². The van der Waals surface area contributed by atoms with Crippen LogP contribution in [0.5, 0.6) is 5.75 Å². The van der Waals surface area contributed by atoms with Gasteiger partial charge in [-0.15, -0.1) is 0 Å². The zero-order chi connectivity index (χ0) is 18.7. The lowest BCUT2D eigenvalue weighted by Gasteiger charge is -2.10. The molecule has 0 saturated carbocycles. The first kappa shape index (κ1) is 18.5. The van der Waals surface area contributed by atoms with Crippen LogP contribution in [0.3, 0.4) is 0 Å². The number of anilines is 1. The molecule has 0 radical (unpaired) electrons. The Morgan fingerprint density at radius 3 is 2.38 bits per heavy atom. The molecule has 3 rings (SSSR count). The van der Waals surface area contributed by atoms with Gasteiger partial charge in [-0.25, -0.2) is 13.4 Å². The number of ether oxygens (including phenoxy) is 1. The highest BCUT2D eigenvalue weighted by Gasteiger charge is 2.17. The van der Waals surface area contributed by atoms with E-state index in [0.717, 1.165) is 11.1 Å². The topological polar surface area (TPSA) is 68.3 Å². The Morgan fingerprint density at radius 2 is 1.77 bits per heavy atom. The van der Waals surface area contributed by atoms with Gasteiger partial charge in [0.15, 0.2) is 0 Å². The van der Waals surface area contributed by atoms with Gasteiger partial charge in [0, 0.05) is 22.3 Å². The minimum atomic E-state index is -3.83. The summed E-state index contributed by atoms with van der Waals surface area (Å²) in [6.45, 7) is 0. The van der Waals surface area contributed by atoms with E-state index >= 15 is 0 Å². The predicted molar refractivity (Wildman–Crippen MR) is 103 cm³/mol. The van der Waals surface area contributed by atoms with Gasteiger partial charge >= 0.3 is 0 Å². The summed E-state index contributed by atoms with van der Waals surface area (Å²) in [6.07, 6.45) is 1.56. The summed E-state index contributed by atoms with van der Waals surface area (Å²) in [4.78, 5) is 4.17. The second-order valence-corrected chi connectivity index (χ2v) is 7.81. The third-order valence-corrected chi connectivity index (χ3v) is 5.60. The molecule has 26 heavy (non-hydrogen) atoms. The van der Waals surface area contributed by atoms with Gasteiger partial charge in [0.25, 0.3) is 10.0 Å². The van der Waals surface area contributed by atoms with Crippen molar-refractivity contribution in [3.8, 4) is 16.9 Å². The van der Waals surface area contributed by atoms with E-state index in [1.165, 1.54) is 25.3 Å². The highest BCUT2D eigenvalue weighted by atomic mass is 35.5. The molecule has 2 aromatic carbocycles. The van der Waals surface area contributed by atoms with Gasteiger partial charge in [0.2, 0.25) is 0 Å². The van der Waals surface area contributed by atoms with E-state index in [1.54, 1.807) is 24.4 Å². The number of benzene rings is 2. The van der Waals surface area contributed by atoms with Gasteiger partial charge in [-0.3, -0.25) is 4.72 Å². The van der Waals surface area contributed by atoms with Crippen LogP contribution in [-0.4, -0.2) is 20.5 Å². The Balaban J connectivity index is 1.84. The molecule has 1 heterocycles. The Labute approximate surface area is 161 Å². The number of nitrogens with zero attached hydrogens (tertiary/aromatic N) is 1. The first-order valence-corrected chi connectivity index (χ1v) is 9.72. The van der Waals surface area contributed by atoms with Crippen molar-refractivity contribution in [1.82, 2.24) is 4.98 Å². The maximum atomic E-state index is 12.5. The molecule has 3 aromatic rings. The molecule has 0 spiro atoms. The maximum absolute atomic E-state index is 12.5. The monoisotopic (exact) mass is 408 g/mol. The van der Waals surface area contributed by atoms with Crippen molar-refractivity contribution in [2.45, 2.75) is 4.90 Å². The number of hydrogen-bond acceptors (Lipinski definition) is 4. The summed E-state index contributed by atoms with van der Waals surface area (Å²) in [5, 5.41) is 0.799. The molecule has 0 aliphatic rings. The molecule has 5 nitrogen and oxygen atoms in total. The number of sulfonamides is 1. The van der Waals surface area contributed by atoms with E-state index in [0.29, 0.717) is 10.8 Å². The fourth-order valence-corrected chi connectivity index (χ4v) is 3.92. The number of methoxy groups -OCH3 is 1. The minimum Gasteiger partial charge on any atom is -0.495 e. The zero-order valence-electron chi connectivity index (χ0n) is 13.6. The summed E-state index contributed by atoms with van der Waals surface area (Å²) in [6, 6.07) is 14.9. The SMILES string of the molecule is COc1ccc(S(=O)(=O)Nc2ccc(-c3ccccc3Cl)cn2)cc1Cl. The quantitative estimate of drug-likeness (QED) is 0.653. The molecule has 0 saturated heterocycles. The smallest absolute Gasteiger partial charge is 0.263 e. The van der Waals surface area contributed by atoms with Crippen molar-refractivity contribution in [2.24, 2.45) is 0 Å². The highest BCUT2D eigenvalue weighted by molar-refractivity contribution is 7.92. The number of aromatic nitrogens is 1. The molecule has 0 atom stereocenters. The lowest BCUT2D eigenvalue weighted by atomic mass is 10.1. The van der Waals surface area contributed by atoms with Gasteiger partial charge in [-0.2, -0.15) is 0 Å². The molecule has 0 bridgehead atoms. The predicted octanol–water partition coefficient (Wildman–Crippen LogP) is 4.86. The van der Waals surface area contributed by atoms with Crippen LogP contribution in [0.25, 0.3) is 11.1 Å². The Morgan fingerprint density at radius 1 is 1.00 bits per heavy atom. The van der Waals surface area contributed by atoms with E-state index in [1.807, 2.05) is 18.2 Å². The molecule has 0 unspecified atom stereocenters. The first-order chi connectivity index (χ1) is 12.4.